The molecule has 6 nitrogen and oxygen atoms in total. The monoisotopic (exact) mass is 323 g/mol. The molecule has 7 heteroatoms. The van der Waals surface area contributed by atoms with Crippen LogP contribution in [0.4, 0.5) is 5.00 Å². The van der Waals surface area contributed by atoms with Crippen molar-refractivity contribution >= 4 is 34.2 Å². The van der Waals surface area contributed by atoms with Gasteiger partial charge in [-0.3, -0.25) is 9.59 Å². The number of rotatable bonds is 5. The Hall–Kier alpha value is -2.15. The van der Waals surface area contributed by atoms with Gasteiger partial charge in [-0.2, -0.15) is 0 Å². The van der Waals surface area contributed by atoms with E-state index in [1.54, 1.807) is 24.4 Å². The molecule has 0 saturated heterocycles. The van der Waals surface area contributed by atoms with Crippen molar-refractivity contribution < 1.29 is 24.2 Å². The second kappa shape index (κ2) is 7.22. The number of anilines is 1. The summed E-state index contributed by atoms with van der Waals surface area (Å²) in [6.45, 7) is 1.95. The predicted molar refractivity (Wildman–Crippen MR) is 81.9 cm³/mol. The first-order valence-electron chi connectivity index (χ1n) is 6.97. The molecule has 1 heterocycles. The number of carbonyl (C=O) groups excluding carboxylic acids is 2. The molecule has 1 amide bonds. The van der Waals surface area contributed by atoms with Gasteiger partial charge in [-0.15, -0.1) is 11.3 Å². The Labute approximate surface area is 131 Å². The predicted octanol–water partition coefficient (Wildman–Crippen LogP) is 2.53. The van der Waals surface area contributed by atoms with Gasteiger partial charge in [0.25, 0.3) is 0 Å². The zero-order valence-corrected chi connectivity index (χ0v) is 12.9. The second-order valence-electron chi connectivity index (χ2n) is 4.87. The molecule has 0 bridgehead atoms. The Morgan fingerprint density at radius 2 is 2.00 bits per heavy atom. The average Bonchev–Trinajstić information content (AvgIpc) is 2.95. The molecule has 0 radical (unpaired) electrons. The van der Waals surface area contributed by atoms with Crippen molar-refractivity contribution in [3.63, 3.8) is 0 Å². The molecule has 1 aromatic rings. The van der Waals surface area contributed by atoms with Crippen molar-refractivity contribution in [2.24, 2.45) is 11.8 Å². The van der Waals surface area contributed by atoms with Crippen LogP contribution in [-0.4, -0.2) is 29.6 Å². The van der Waals surface area contributed by atoms with Crippen molar-refractivity contribution in [2.45, 2.75) is 19.8 Å². The first kappa shape index (κ1) is 16.2. The minimum Gasteiger partial charge on any atom is -0.481 e. The highest BCUT2D eigenvalue weighted by atomic mass is 32.1. The number of ether oxygens (including phenoxy) is 1. The lowest BCUT2D eigenvalue weighted by Crippen LogP contribution is -2.34. The zero-order chi connectivity index (χ0) is 16.1. The Kier molecular flexibility index (Phi) is 5.32. The fraction of sp³-hybridized carbons (Fsp3) is 0.400. The van der Waals surface area contributed by atoms with Gasteiger partial charge in [0, 0.05) is 0 Å². The van der Waals surface area contributed by atoms with Crippen LogP contribution in [-0.2, 0) is 14.3 Å². The highest BCUT2D eigenvalue weighted by molar-refractivity contribution is 7.14. The summed E-state index contributed by atoms with van der Waals surface area (Å²) in [5, 5.41) is 13.9. The molecule has 0 aliphatic heterocycles. The highest BCUT2D eigenvalue weighted by Crippen LogP contribution is 2.30. The lowest BCUT2D eigenvalue weighted by atomic mass is 9.82. The van der Waals surface area contributed by atoms with Crippen LogP contribution in [0.25, 0.3) is 0 Å². The molecule has 1 aliphatic rings. The van der Waals surface area contributed by atoms with Crippen LogP contribution in [0.5, 0.6) is 0 Å². The standard InChI is InChI=1S/C15H17NO5S/c1-2-21-15(20)11-7-8-22-13(11)16-12(17)9-5-3-4-6-10(9)14(18)19/h3-4,7-10H,2,5-6H2,1H3,(H,16,17)(H,18,19)/t9-,10+/m0/s1. The number of aliphatic carboxylic acids is 1. The van der Waals surface area contributed by atoms with Crippen LogP contribution in [0.1, 0.15) is 30.1 Å². The van der Waals surface area contributed by atoms with Gasteiger partial charge in [0.1, 0.15) is 5.00 Å². The molecule has 0 fully saturated rings. The highest BCUT2D eigenvalue weighted by Gasteiger charge is 2.34. The van der Waals surface area contributed by atoms with Crippen molar-refractivity contribution in [1.82, 2.24) is 0 Å². The topological polar surface area (TPSA) is 92.7 Å². The van der Waals surface area contributed by atoms with E-state index in [1.165, 1.54) is 11.3 Å². The fourth-order valence-corrected chi connectivity index (χ4v) is 3.14. The third kappa shape index (κ3) is 3.54. The third-order valence-corrected chi connectivity index (χ3v) is 4.31. The van der Waals surface area contributed by atoms with E-state index in [0.29, 0.717) is 23.4 Å². The Morgan fingerprint density at radius 1 is 1.32 bits per heavy atom. The molecule has 118 valence electrons. The summed E-state index contributed by atoms with van der Waals surface area (Å²) < 4.78 is 4.92. The minimum atomic E-state index is -0.985. The summed E-state index contributed by atoms with van der Waals surface area (Å²) in [4.78, 5) is 35.4. The van der Waals surface area contributed by atoms with Crippen LogP contribution >= 0.6 is 11.3 Å². The maximum atomic E-state index is 12.4. The van der Waals surface area contributed by atoms with Crippen molar-refractivity contribution in [3.05, 3.63) is 29.2 Å². The van der Waals surface area contributed by atoms with Gasteiger partial charge in [0.2, 0.25) is 5.91 Å². The first-order chi connectivity index (χ1) is 10.5. The molecule has 0 aromatic carbocycles. The van der Waals surface area contributed by atoms with Gasteiger partial charge in [-0.1, -0.05) is 12.2 Å². The van der Waals surface area contributed by atoms with Gasteiger partial charge in [0.05, 0.1) is 24.0 Å². The minimum absolute atomic E-state index is 0.247. The molecule has 2 atom stereocenters. The van der Waals surface area contributed by atoms with E-state index >= 15 is 0 Å². The summed E-state index contributed by atoms with van der Waals surface area (Å²) in [6, 6.07) is 1.58. The van der Waals surface area contributed by atoms with Crippen molar-refractivity contribution in [3.8, 4) is 0 Å². The second-order valence-corrected chi connectivity index (χ2v) is 5.78. The number of hydrogen-bond acceptors (Lipinski definition) is 5. The molecular formula is C15H17NO5S. The van der Waals surface area contributed by atoms with Crippen LogP contribution in [0, 0.1) is 11.8 Å². The van der Waals surface area contributed by atoms with Crippen LogP contribution < -0.4 is 5.32 Å². The van der Waals surface area contributed by atoms with E-state index in [4.69, 9.17) is 4.74 Å². The Balaban J connectivity index is 2.12. The molecule has 2 rings (SSSR count). The first-order valence-corrected chi connectivity index (χ1v) is 7.85. The van der Waals surface area contributed by atoms with Crippen LogP contribution in [0.2, 0.25) is 0 Å². The summed E-state index contributed by atoms with van der Waals surface area (Å²) in [5.74, 6) is -3.25. The lowest BCUT2D eigenvalue weighted by Gasteiger charge is -2.24. The largest absolute Gasteiger partial charge is 0.481 e. The maximum absolute atomic E-state index is 12.4. The zero-order valence-electron chi connectivity index (χ0n) is 12.1. The van der Waals surface area contributed by atoms with E-state index in [-0.39, 0.29) is 12.5 Å². The van der Waals surface area contributed by atoms with Crippen LogP contribution in [0.15, 0.2) is 23.6 Å². The average molecular weight is 323 g/mol. The molecule has 0 saturated carbocycles. The fourth-order valence-electron chi connectivity index (χ4n) is 2.36. The number of hydrogen-bond donors (Lipinski definition) is 2. The van der Waals surface area contributed by atoms with E-state index in [0.717, 1.165) is 0 Å². The smallest absolute Gasteiger partial charge is 0.341 e. The summed E-state index contributed by atoms with van der Waals surface area (Å²) in [7, 11) is 0. The molecule has 1 aromatic heterocycles. The Morgan fingerprint density at radius 3 is 2.64 bits per heavy atom. The van der Waals surface area contributed by atoms with E-state index in [2.05, 4.69) is 5.32 Å². The summed E-state index contributed by atoms with van der Waals surface area (Å²) >= 11 is 1.21. The van der Waals surface area contributed by atoms with Gasteiger partial charge in [0.15, 0.2) is 0 Å². The molecule has 0 spiro atoms. The van der Waals surface area contributed by atoms with E-state index in [9.17, 15) is 19.5 Å². The van der Waals surface area contributed by atoms with Crippen molar-refractivity contribution in [2.75, 3.05) is 11.9 Å². The summed E-state index contributed by atoms with van der Waals surface area (Å²) in [5.41, 5.74) is 0.290. The van der Waals surface area contributed by atoms with E-state index in [1.807, 2.05) is 6.08 Å². The molecule has 22 heavy (non-hydrogen) atoms. The number of thiophene rings is 1. The number of carboxylic acids is 1. The normalized spacial score (nSPS) is 20.4. The molecule has 1 aliphatic carbocycles. The maximum Gasteiger partial charge on any atom is 0.341 e. The molecular weight excluding hydrogens is 306 g/mol. The third-order valence-electron chi connectivity index (χ3n) is 3.48. The Bertz CT molecular complexity index is 607. The van der Waals surface area contributed by atoms with Gasteiger partial charge in [-0.05, 0) is 31.2 Å². The van der Waals surface area contributed by atoms with E-state index < -0.39 is 23.8 Å². The van der Waals surface area contributed by atoms with Crippen LogP contribution in [0.3, 0.4) is 0 Å². The molecule has 2 N–H and O–H groups in total. The van der Waals surface area contributed by atoms with Crippen molar-refractivity contribution in [1.29, 1.82) is 0 Å². The number of allylic oxidation sites excluding steroid dienone is 2. The number of esters is 1. The quantitative estimate of drug-likeness (QED) is 0.641. The van der Waals surface area contributed by atoms with Gasteiger partial charge in [-0.25, -0.2) is 4.79 Å². The number of amides is 1. The SMILES string of the molecule is CCOC(=O)c1ccsc1NC(=O)[C@H]1CC=CC[C@H]1C(=O)O. The number of carbonyl (C=O) groups is 3. The lowest BCUT2D eigenvalue weighted by molar-refractivity contribution is -0.146. The number of carboxylic acid groups (broad SMARTS) is 1. The van der Waals surface area contributed by atoms with Gasteiger partial charge >= 0.3 is 11.9 Å². The number of nitrogens with one attached hydrogen (secondary N) is 1. The molecule has 0 unspecified atom stereocenters. The summed E-state index contributed by atoms with van der Waals surface area (Å²) in [6.07, 6.45) is 4.30. The van der Waals surface area contributed by atoms with Gasteiger partial charge < -0.3 is 15.2 Å².